The maximum atomic E-state index is 11.6. The molecule has 1 heterocycles. The number of benzene rings is 3. The largest absolute Gasteiger partial charge is 0.373 e. The van der Waals surface area contributed by atoms with E-state index in [0.717, 1.165) is 22.2 Å². The van der Waals surface area contributed by atoms with Gasteiger partial charge >= 0.3 is 0 Å². The van der Waals surface area contributed by atoms with Crippen LogP contribution in [0.3, 0.4) is 0 Å². The van der Waals surface area contributed by atoms with Gasteiger partial charge in [0.25, 0.3) is 0 Å². The van der Waals surface area contributed by atoms with Crippen LogP contribution in [0.5, 0.6) is 0 Å². The van der Waals surface area contributed by atoms with Gasteiger partial charge in [-0.2, -0.15) is 0 Å². The number of H-pyrrole nitrogens is 1. The minimum absolute atomic E-state index is 0.524. The summed E-state index contributed by atoms with van der Waals surface area (Å²) in [6.07, 6.45) is 0. The quantitative estimate of drug-likeness (QED) is 0.604. The summed E-state index contributed by atoms with van der Waals surface area (Å²) >= 11 is 0. The summed E-state index contributed by atoms with van der Waals surface area (Å²) in [6, 6.07) is 27.0. The van der Waals surface area contributed by atoms with Crippen molar-refractivity contribution in [3.8, 4) is 0 Å². The van der Waals surface area contributed by atoms with Gasteiger partial charge in [-0.25, -0.2) is 4.98 Å². The lowest BCUT2D eigenvalue weighted by Crippen LogP contribution is -2.30. The zero-order valence-corrected chi connectivity index (χ0v) is 12.5. The van der Waals surface area contributed by atoms with E-state index in [1.807, 2.05) is 84.9 Å². The fraction of sp³-hybridized carbons (Fsp3) is 0.0500. The van der Waals surface area contributed by atoms with Gasteiger partial charge in [-0.15, -0.1) is 0 Å². The molecule has 0 spiro atoms. The van der Waals surface area contributed by atoms with Crippen molar-refractivity contribution in [2.24, 2.45) is 0 Å². The molecule has 0 aliphatic carbocycles. The van der Waals surface area contributed by atoms with Gasteiger partial charge in [0.2, 0.25) is 0 Å². The fourth-order valence-electron chi connectivity index (χ4n) is 2.92. The Morgan fingerprint density at radius 2 is 1.22 bits per heavy atom. The number of aliphatic hydroxyl groups is 1. The first-order valence-electron chi connectivity index (χ1n) is 7.57. The smallest absolute Gasteiger partial charge is 0.173 e. The van der Waals surface area contributed by atoms with Gasteiger partial charge in [0.15, 0.2) is 5.60 Å². The molecule has 0 bridgehead atoms. The second kappa shape index (κ2) is 5.38. The van der Waals surface area contributed by atoms with Crippen LogP contribution >= 0.6 is 0 Å². The van der Waals surface area contributed by atoms with Crippen molar-refractivity contribution in [3.05, 3.63) is 102 Å². The lowest BCUT2D eigenvalue weighted by molar-refractivity contribution is 0.117. The molecular weight excluding hydrogens is 284 g/mol. The molecule has 0 radical (unpaired) electrons. The summed E-state index contributed by atoms with van der Waals surface area (Å²) in [7, 11) is 0. The number of aromatic amines is 1. The van der Waals surface area contributed by atoms with Crippen LogP contribution in [0.2, 0.25) is 0 Å². The summed E-state index contributed by atoms with van der Waals surface area (Å²) in [5.74, 6) is 0.524. The third-order valence-electron chi connectivity index (χ3n) is 4.12. The average Bonchev–Trinajstić information content (AvgIpc) is 3.07. The molecule has 0 atom stereocenters. The topological polar surface area (TPSA) is 48.9 Å². The fourth-order valence-corrected chi connectivity index (χ4v) is 2.92. The van der Waals surface area contributed by atoms with E-state index in [0.29, 0.717) is 5.82 Å². The molecule has 4 rings (SSSR count). The number of rotatable bonds is 3. The number of nitrogens with one attached hydrogen (secondary N) is 1. The van der Waals surface area contributed by atoms with E-state index in [1.165, 1.54) is 0 Å². The summed E-state index contributed by atoms with van der Waals surface area (Å²) in [5, 5.41) is 11.6. The first-order valence-corrected chi connectivity index (χ1v) is 7.57. The molecule has 0 saturated heterocycles. The SMILES string of the molecule is OC(c1ccccc1)(c1ccccc1)c1nc2ccccc2[nH]1. The third kappa shape index (κ3) is 2.22. The van der Waals surface area contributed by atoms with Gasteiger partial charge < -0.3 is 10.1 Å². The maximum Gasteiger partial charge on any atom is 0.173 e. The van der Waals surface area contributed by atoms with Crippen LogP contribution in [-0.4, -0.2) is 15.1 Å². The van der Waals surface area contributed by atoms with E-state index < -0.39 is 5.60 Å². The summed E-state index contributed by atoms with van der Waals surface area (Å²) in [4.78, 5) is 7.90. The van der Waals surface area contributed by atoms with Crippen LogP contribution in [0.25, 0.3) is 11.0 Å². The number of hydrogen-bond acceptors (Lipinski definition) is 2. The number of nitrogens with zero attached hydrogens (tertiary/aromatic N) is 1. The van der Waals surface area contributed by atoms with Crippen molar-refractivity contribution in [3.63, 3.8) is 0 Å². The molecule has 4 aromatic rings. The standard InChI is InChI=1S/C20H16N2O/c23-20(15-9-3-1-4-10-15,16-11-5-2-6-12-16)19-21-17-13-7-8-14-18(17)22-19/h1-14,23H,(H,21,22). The van der Waals surface area contributed by atoms with E-state index in [9.17, 15) is 5.11 Å². The number of hydrogen-bond donors (Lipinski definition) is 2. The van der Waals surface area contributed by atoms with Crippen molar-refractivity contribution >= 4 is 11.0 Å². The van der Waals surface area contributed by atoms with Crippen LogP contribution in [0.1, 0.15) is 17.0 Å². The summed E-state index contributed by atoms with van der Waals surface area (Å²) in [6.45, 7) is 0. The molecule has 3 nitrogen and oxygen atoms in total. The minimum Gasteiger partial charge on any atom is -0.373 e. The van der Waals surface area contributed by atoms with E-state index in [-0.39, 0.29) is 0 Å². The van der Waals surface area contributed by atoms with Gasteiger partial charge in [-0.1, -0.05) is 72.8 Å². The van der Waals surface area contributed by atoms with E-state index in [1.54, 1.807) is 0 Å². The lowest BCUT2D eigenvalue weighted by Gasteiger charge is -2.27. The Morgan fingerprint density at radius 3 is 1.78 bits per heavy atom. The number of aromatic nitrogens is 2. The molecule has 1 aromatic heterocycles. The van der Waals surface area contributed by atoms with Gasteiger partial charge in [0.1, 0.15) is 5.82 Å². The normalized spacial score (nSPS) is 11.7. The van der Waals surface area contributed by atoms with Crippen LogP contribution in [0.4, 0.5) is 0 Å². The third-order valence-corrected chi connectivity index (χ3v) is 4.12. The summed E-state index contributed by atoms with van der Waals surface area (Å²) < 4.78 is 0. The van der Waals surface area contributed by atoms with Gasteiger partial charge in [-0.05, 0) is 23.3 Å². The highest BCUT2D eigenvalue weighted by Gasteiger charge is 2.36. The Labute approximate surface area is 134 Å². The van der Waals surface area contributed by atoms with Gasteiger partial charge in [0, 0.05) is 0 Å². The van der Waals surface area contributed by atoms with Crippen molar-refractivity contribution in [2.45, 2.75) is 5.60 Å². The average molecular weight is 300 g/mol. The van der Waals surface area contributed by atoms with Crippen molar-refractivity contribution in [1.82, 2.24) is 9.97 Å². The van der Waals surface area contributed by atoms with Crippen LogP contribution < -0.4 is 0 Å². The minimum atomic E-state index is -1.32. The first kappa shape index (κ1) is 13.7. The Bertz CT molecular complexity index is 857. The molecule has 0 saturated carbocycles. The Morgan fingerprint density at radius 1 is 0.696 bits per heavy atom. The molecule has 3 heteroatoms. The monoisotopic (exact) mass is 300 g/mol. The highest BCUT2D eigenvalue weighted by molar-refractivity contribution is 5.75. The second-order valence-electron chi connectivity index (χ2n) is 5.55. The second-order valence-corrected chi connectivity index (χ2v) is 5.55. The molecule has 0 unspecified atom stereocenters. The molecular formula is C20H16N2O. The molecule has 0 amide bonds. The molecule has 3 aromatic carbocycles. The van der Waals surface area contributed by atoms with Crippen LogP contribution in [0.15, 0.2) is 84.9 Å². The number of imidazole rings is 1. The molecule has 0 fully saturated rings. The van der Waals surface area contributed by atoms with Gasteiger partial charge in [-0.3, -0.25) is 0 Å². The lowest BCUT2D eigenvalue weighted by atomic mass is 9.85. The van der Waals surface area contributed by atoms with Crippen LogP contribution in [0, 0.1) is 0 Å². The maximum absolute atomic E-state index is 11.6. The Balaban J connectivity index is 1.99. The number of fused-ring (bicyclic) bond motifs is 1. The van der Waals surface area contributed by atoms with Crippen molar-refractivity contribution in [1.29, 1.82) is 0 Å². The van der Waals surface area contributed by atoms with Crippen molar-refractivity contribution in [2.75, 3.05) is 0 Å². The zero-order valence-electron chi connectivity index (χ0n) is 12.5. The summed E-state index contributed by atoms with van der Waals surface area (Å²) in [5.41, 5.74) is 2.00. The number of para-hydroxylation sites is 2. The predicted octanol–water partition coefficient (Wildman–Crippen LogP) is 3.85. The van der Waals surface area contributed by atoms with Gasteiger partial charge in [0.05, 0.1) is 11.0 Å². The highest BCUT2D eigenvalue weighted by atomic mass is 16.3. The van der Waals surface area contributed by atoms with Crippen molar-refractivity contribution < 1.29 is 5.11 Å². The molecule has 0 aliphatic heterocycles. The van der Waals surface area contributed by atoms with E-state index >= 15 is 0 Å². The predicted molar refractivity (Wildman–Crippen MR) is 91.1 cm³/mol. The first-order chi connectivity index (χ1) is 11.3. The zero-order chi connectivity index (χ0) is 15.7. The molecule has 0 aliphatic rings. The Hall–Kier alpha value is -2.91. The highest BCUT2D eigenvalue weighted by Crippen LogP contribution is 2.35. The molecule has 23 heavy (non-hydrogen) atoms. The van der Waals surface area contributed by atoms with E-state index in [4.69, 9.17) is 0 Å². The molecule has 2 N–H and O–H groups in total. The Kier molecular flexibility index (Phi) is 3.21. The molecule has 112 valence electrons. The van der Waals surface area contributed by atoms with E-state index in [2.05, 4.69) is 9.97 Å². The van der Waals surface area contributed by atoms with Crippen LogP contribution in [-0.2, 0) is 5.60 Å².